The molecule has 1 atom stereocenters. The Morgan fingerprint density at radius 2 is 1.83 bits per heavy atom. The van der Waals surface area contributed by atoms with Gasteiger partial charge < -0.3 is 16.2 Å². The van der Waals surface area contributed by atoms with Crippen LogP contribution in [0.3, 0.4) is 0 Å². The normalized spacial score (nSPS) is 12.0. The van der Waals surface area contributed by atoms with Crippen LogP contribution in [0.4, 0.5) is 11.6 Å². The van der Waals surface area contributed by atoms with Crippen LogP contribution in [0.15, 0.2) is 54.9 Å². The van der Waals surface area contributed by atoms with E-state index in [1.165, 1.54) is 0 Å². The topological polar surface area (TPSA) is 101 Å². The largest absolute Gasteiger partial charge is 0.481 e. The number of hydrogen-bond acceptors (Lipinski definition) is 5. The molecule has 0 aliphatic carbocycles. The maximum Gasteiger partial charge on any atom is 0.305 e. The van der Waals surface area contributed by atoms with Crippen molar-refractivity contribution >= 4 is 28.4 Å². The Bertz CT molecular complexity index is 828. The van der Waals surface area contributed by atoms with E-state index in [1.807, 2.05) is 42.5 Å². The Morgan fingerprint density at radius 3 is 2.57 bits per heavy atom. The predicted molar refractivity (Wildman–Crippen MR) is 88.4 cm³/mol. The van der Waals surface area contributed by atoms with Crippen LogP contribution in [0.2, 0.25) is 0 Å². The van der Waals surface area contributed by atoms with Gasteiger partial charge >= 0.3 is 5.97 Å². The summed E-state index contributed by atoms with van der Waals surface area (Å²) in [7, 11) is 0. The highest BCUT2D eigenvalue weighted by Crippen LogP contribution is 2.25. The van der Waals surface area contributed by atoms with Gasteiger partial charge in [-0.1, -0.05) is 36.4 Å². The first-order valence-corrected chi connectivity index (χ1v) is 7.17. The Kier molecular flexibility index (Phi) is 4.16. The van der Waals surface area contributed by atoms with Crippen molar-refractivity contribution in [1.82, 2.24) is 9.97 Å². The first-order chi connectivity index (χ1) is 11.1. The van der Waals surface area contributed by atoms with Crippen LogP contribution in [0, 0.1) is 0 Å². The van der Waals surface area contributed by atoms with Gasteiger partial charge in [-0.15, -0.1) is 0 Å². The standard InChI is InChI=1S/C17H16N4O2/c18-14(8-16(22)23)12-9-19-17(20-10-12)21-15-7-3-5-11-4-1-2-6-13(11)15/h1-7,9-10,14H,8,18H2,(H,22,23)(H,19,20,21)/t14-/m1/s1. The lowest BCUT2D eigenvalue weighted by Crippen LogP contribution is -2.15. The fraction of sp³-hybridized carbons (Fsp3) is 0.118. The summed E-state index contributed by atoms with van der Waals surface area (Å²) in [5.74, 6) is -0.511. The molecule has 4 N–H and O–H groups in total. The van der Waals surface area contributed by atoms with Gasteiger partial charge in [-0.05, 0) is 11.5 Å². The molecule has 6 nitrogen and oxygen atoms in total. The van der Waals surface area contributed by atoms with E-state index in [4.69, 9.17) is 10.8 Å². The van der Waals surface area contributed by atoms with Crippen LogP contribution in [-0.4, -0.2) is 21.0 Å². The van der Waals surface area contributed by atoms with Crippen molar-refractivity contribution in [3.8, 4) is 0 Å². The molecule has 0 aliphatic rings. The van der Waals surface area contributed by atoms with Crippen LogP contribution < -0.4 is 11.1 Å². The summed E-state index contributed by atoms with van der Waals surface area (Å²) in [6, 6.07) is 13.4. The highest BCUT2D eigenvalue weighted by molar-refractivity contribution is 5.94. The highest BCUT2D eigenvalue weighted by Gasteiger charge is 2.11. The number of carboxylic acids is 1. The quantitative estimate of drug-likeness (QED) is 0.670. The number of aromatic nitrogens is 2. The van der Waals surface area contributed by atoms with Crippen LogP contribution in [0.25, 0.3) is 10.8 Å². The van der Waals surface area contributed by atoms with Crippen molar-refractivity contribution in [2.45, 2.75) is 12.5 Å². The van der Waals surface area contributed by atoms with Gasteiger partial charge in [0.15, 0.2) is 0 Å². The summed E-state index contributed by atoms with van der Waals surface area (Å²) in [5.41, 5.74) is 7.29. The Labute approximate surface area is 133 Å². The maximum atomic E-state index is 10.7. The number of nitrogens with one attached hydrogen (secondary N) is 1. The van der Waals surface area contributed by atoms with Gasteiger partial charge in [0.2, 0.25) is 5.95 Å². The van der Waals surface area contributed by atoms with Crippen molar-refractivity contribution in [3.05, 3.63) is 60.4 Å². The molecule has 0 radical (unpaired) electrons. The molecule has 1 aromatic heterocycles. The van der Waals surface area contributed by atoms with Crippen LogP contribution in [-0.2, 0) is 4.79 Å². The van der Waals surface area contributed by atoms with E-state index in [2.05, 4.69) is 15.3 Å². The molecule has 0 saturated heterocycles. The van der Waals surface area contributed by atoms with Crippen molar-refractivity contribution in [2.75, 3.05) is 5.32 Å². The van der Waals surface area contributed by atoms with E-state index in [-0.39, 0.29) is 6.42 Å². The zero-order chi connectivity index (χ0) is 16.2. The number of rotatable bonds is 5. The third-order valence-corrected chi connectivity index (χ3v) is 3.53. The van der Waals surface area contributed by atoms with Crippen molar-refractivity contribution in [1.29, 1.82) is 0 Å². The molecule has 0 unspecified atom stereocenters. The number of aliphatic carboxylic acids is 1. The molecule has 3 rings (SSSR count). The number of benzene rings is 2. The average molecular weight is 308 g/mol. The number of anilines is 2. The molecule has 1 heterocycles. The summed E-state index contributed by atoms with van der Waals surface area (Å²) < 4.78 is 0. The number of nitrogens with zero attached hydrogens (tertiary/aromatic N) is 2. The molecule has 0 spiro atoms. The van der Waals surface area contributed by atoms with E-state index < -0.39 is 12.0 Å². The number of nitrogens with two attached hydrogens (primary N) is 1. The van der Waals surface area contributed by atoms with Gasteiger partial charge in [0.25, 0.3) is 0 Å². The lowest BCUT2D eigenvalue weighted by atomic mass is 10.1. The molecule has 0 bridgehead atoms. The second kappa shape index (κ2) is 6.41. The summed E-state index contributed by atoms with van der Waals surface area (Å²) in [5, 5.41) is 14.1. The van der Waals surface area contributed by atoms with Gasteiger partial charge in [-0.2, -0.15) is 0 Å². The second-order valence-corrected chi connectivity index (χ2v) is 5.20. The zero-order valence-corrected chi connectivity index (χ0v) is 12.3. The predicted octanol–water partition coefficient (Wildman–Crippen LogP) is 2.85. The molecule has 0 amide bonds. The number of fused-ring (bicyclic) bond motifs is 1. The third-order valence-electron chi connectivity index (χ3n) is 3.53. The Hall–Kier alpha value is -2.99. The minimum Gasteiger partial charge on any atom is -0.481 e. The highest BCUT2D eigenvalue weighted by atomic mass is 16.4. The molecule has 0 fully saturated rings. The fourth-order valence-corrected chi connectivity index (χ4v) is 2.35. The number of carbonyl (C=O) groups is 1. The molecule has 3 aromatic rings. The molecule has 2 aromatic carbocycles. The maximum absolute atomic E-state index is 10.7. The van der Waals surface area contributed by atoms with E-state index >= 15 is 0 Å². The van der Waals surface area contributed by atoms with Gasteiger partial charge in [0, 0.05) is 35.1 Å². The van der Waals surface area contributed by atoms with Crippen molar-refractivity contribution < 1.29 is 9.90 Å². The van der Waals surface area contributed by atoms with Crippen molar-refractivity contribution in [3.63, 3.8) is 0 Å². The molecule has 116 valence electrons. The van der Waals surface area contributed by atoms with Gasteiger partial charge in [0.1, 0.15) is 0 Å². The van der Waals surface area contributed by atoms with Gasteiger partial charge in [-0.3, -0.25) is 4.79 Å². The third kappa shape index (κ3) is 3.44. The first-order valence-electron chi connectivity index (χ1n) is 7.17. The van der Waals surface area contributed by atoms with Crippen molar-refractivity contribution in [2.24, 2.45) is 5.73 Å². The molecule has 0 aliphatic heterocycles. The summed E-state index contributed by atoms with van der Waals surface area (Å²) >= 11 is 0. The van der Waals surface area contributed by atoms with Crippen LogP contribution in [0.5, 0.6) is 0 Å². The summed E-state index contributed by atoms with van der Waals surface area (Å²) in [6.45, 7) is 0. The Morgan fingerprint density at radius 1 is 1.13 bits per heavy atom. The average Bonchev–Trinajstić information content (AvgIpc) is 2.55. The minimum absolute atomic E-state index is 0.153. The molecular formula is C17H16N4O2. The van der Waals surface area contributed by atoms with E-state index in [1.54, 1.807) is 12.4 Å². The van der Waals surface area contributed by atoms with E-state index in [9.17, 15) is 4.79 Å². The van der Waals surface area contributed by atoms with Gasteiger partial charge in [0.05, 0.1) is 6.42 Å². The van der Waals surface area contributed by atoms with Crippen LogP contribution in [0.1, 0.15) is 18.0 Å². The Balaban J connectivity index is 1.81. The monoisotopic (exact) mass is 308 g/mol. The first kappa shape index (κ1) is 14.9. The smallest absolute Gasteiger partial charge is 0.305 e. The van der Waals surface area contributed by atoms with E-state index in [0.29, 0.717) is 11.5 Å². The second-order valence-electron chi connectivity index (χ2n) is 5.20. The molecule has 0 saturated carbocycles. The minimum atomic E-state index is -0.949. The number of carboxylic acid groups (broad SMARTS) is 1. The lowest BCUT2D eigenvalue weighted by Gasteiger charge is -2.11. The summed E-state index contributed by atoms with van der Waals surface area (Å²) in [4.78, 5) is 19.1. The SMILES string of the molecule is N[C@H](CC(=O)O)c1cnc(Nc2cccc3ccccc23)nc1. The molecule has 6 heteroatoms. The molecule has 23 heavy (non-hydrogen) atoms. The lowest BCUT2D eigenvalue weighted by molar-refractivity contribution is -0.137. The fourth-order valence-electron chi connectivity index (χ4n) is 2.35. The summed E-state index contributed by atoms with van der Waals surface area (Å²) in [6.07, 6.45) is 2.95. The zero-order valence-electron chi connectivity index (χ0n) is 12.3. The van der Waals surface area contributed by atoms with Gasteiger partial charge in [-0.25, -0.2) is 9.97 Å². The number of hydrogen-bond donors (Lipinski definition) is 3. The van der Waals surface area contributed by atoms with Crippen LogP contribution >= 0.6 is 0 Å². The van der Waals surface area contributed by atoms with E-state index in [0.717, 1.165) is 16.5 Å². The molecular weight excluding hydrogens is 292 g/mol.